The number of carbonyl (C=O) groups excluding carboxylic acids is 1. The Morgan fingerprint density at radius 3 is 2.47 bits per heavy atom. The molecule has 0 atom stereocenters. The number of amides is 1. The number of rotatable bonds is 7. The topological polar surface area (TPSA) is 67.2 Å². The van der Waals surface area contributed by atoms with Crippen LogP contribution in [0.3, 0.4) is 0 Å². The van der Waals surface area contributed by atoms with E-state index in [1.54, 1.807) is 12.3 Å². The Morgan fingerprint density at radius 2 is 1.65 bits per heavy atom. The van der Waals surface area contributed by atoms with Gasteiger partial charge in [0, 0.05) is 18.5 Å². The standard InChI is InChI=1S/C28H28N4O2/c33-27(20-32-28(34)26-10-4-2-8-24(26)18-30-32)29-17-23-7-1-3-9-25(23)22-13-11-21(12-14-22)19-31-15-5-6-16-31/h1-4,7-14,18H,5-6,15-17,19-20H2,(H,29,33). The third-order valence-corrected chi connectivity index (χ3v) is 6.42. The van der Waals surface area contributed by atoms with Crippen molar-refractivity contribution in [1.29, 1.82) is 0 Å². The lowest BCUT2D eigenvalue weighted by Gasteiger charge is -2.15. The largest absolute Gasteiger partial charge is 0.350 e. The van der Waals surface area contributed by atoms with Crippen LogP contribution in [0.4, 0.5) is 0 Å². The van der Waals surface area contributed by atoms with E-state index in [2.05, 4.69) is 45.6 Å². The lowest BCUT2D eigenvalue weighted by atomic mass is 9.98. The van der Waals surface area contributed by atoms with Crippen molar-refractivity contribution < 1.29 is 4.79 Å². The zero-order chi connectivity index (χ0) is 23.3. The first-order chi connectivity index (χ1) is 16.7. The van der Waals surface area contributed by atoms with Gasteiger partial charge >= 0.3 is 0 Å². The molecule has 172 valence electrons. The summed E-state index contributed by atoms with van der Waals surface area (Å²) in [5.41, 5.74) is 4.31. The van der Waals surface area contributed by atoms with E-state index in [0.717, 1.165) is 28.6 Å². The van der Waals surface area contributed by atoms with Crippen molar-refractivity contribution in [2.24, 2.45) is 0 Å². The van der Waals surface area contributed by atoms with Gasteiger partial charge in [-0.05, 0) is 54.3 Å². The molecule has 34 heavy (non-hydrogen) atoms. The van der Waals surface area contributed by atoms with Gasteiger partial charge in [-0.25, -0.2) is 4.68 Å². The number of nitrogens with zero attached hydrogens (tertiary/aromatic N) is 3. The smallest absolute Gasteiger partial charge is 0.275 e. The minimum Gasteiger partial charge on any atom is -0.350 e. The Labute approximate surface area is 198 Å². The summed E-state index contributed by atoms with van der Waals surface area (Å²) in [4.78, 5) is 27.7. The van der Waals surface area contributed by atoms with Crippen molar-refractivity contribution in [3.05, 3.63) is 100 Å². The van der Waals surface area contributed by atoms with Crippen LogP contribution >= 0.6 is 0 Å². The molecule has 1 aromatic heterocycles. The van der Waals surface area contributed by atoms with Gasteiger partial charge in [-0.15, -0.1) is 0 Å². The second-order valence-corrected chi connectivity index (χ2v) is 8.81. The number of fused-ring (bicyclic) bond motifs is 1. The predicted octanol–water partition coefficient (Wildman–Crippen LogP) is 3.98. The van der Waals surface area contributed by atoms with Gasteiger partial charge in [-0.2, -0.15) is 5.10 Å². The van der Waals surface area contributed by atoms with Crippen LogP contribution in [0.15, 0.2) is 83.8 Å². The quantitative estimate of drug-likeness (QED) is 0.461. The van der Waals surface area contributed by atoms with Crippen LogP contribution in [-0.4, -0.2) is 33.7 Å². The van der Waals surface area contributed by atoms with Crippen LogP contribution < -0.4 is 10.9 Å². The van der Waals surface area contributed by atoms with Gasteiger partial charge in [0.1, 0.15) is 6.54 Å². The number of likely N-dealkylation sites (tertiary alicyclic amines) is 1. The van der Waals surface area contributed by atoms with Gasteiger partial charge in [0.2, 0.25) is 5.91 Å². The number of benzene rings is 3. The molecule has 0 saturated carbocycles. The summed E-state index contributed by atoms with van der Waals surface area (Å²) >= 11 is 0. The normalized spacial score (nSPS) is 13.9. The highest BCUT2D eigenvalue weighted by molar-refractivity contribution is 5.81. The fourth-order valence-electron chi connectivity index (χ4n) is 4.57. The molecule has 6 nitrogen and oxygen atoms in total. The molecular weight excluding hydrogens is 424 g/mol. The van der Waals surface area contributed by atoms with Gasteiger partial charge < -0.3 is 5.32 Å². The number of carbonyl (C=O) groups is 1. The van der Waals surface area contributed by atoms with Crippen LogP contribution in [0.1, 0.15) is 24.0 Å². The first-order valence-electron chi connectivity index (χ1n) is 11.8. The molecule has 1 aliphatic heterocycles. The Kier molecular flexibility index (Phi) is 6.49. The first-order valence-corrected chi connectivity index (χ1v) is 11.8. The van der Waals surface area contributed by atoms with Gasteiger partial charge in [0.05, 0.1) is 11.6 Å². The molecule has 0 spiro atoms. The lowest BCUT2D eigenvalue weighted by molar-refractivity contribution is -0.122. The van der Waals surface area contributed by atoms with E-state index in [1.807, 2.05) is 36.4 Å². The maximum absolute atomic E-state index is 12.6. The zero-order valence-electron chi connectivity index (χ0n) is 19.1. The number of hydrogen-bond acceptors (Lipinski definition) is 4. The summed E-state index contributed by atoms with van der Waals surface area (Å²) in [6, 6.07) is 24.0. The third kappa shape index (κ3) is 4.92. The van der Waals surface area contributed by atoms with Crippen molar-refractivity contribution in [1.82, 2.24) is 20.0 Å². The molecule has 3 aromatic carbocycles. The molecular formula is C28H28N4O2. The van der Waals surface area contributed by atoms with E-state index >= 15 is 0 Å². The maximum atomic E-state index is 12.6. The SMILES string of the molecule is O=C(Cn1ncc2ccccc2c1=O)NCc1ccccc1-c1ccc(CN2CCCC2)cc1. The van der Waals surface area contributed by atoms with Crippen molar-refractivity contribution in [3.8, 4) is 11.1 Å². The predicted molar refractivity (Wildman–Crippen MR) is 134 cm³/mol. The van der Waals surface area contributed by atoms with Gasteiger partial charge in [-0.3, -0.25) is 14.5 Å². The van der Waals surface area contributed by atoms with Crippen molar-refractivity contribution in [3.63, 3.8) is 0 Å². The maximum Gasteiger partial charge on any atom is 0.275 e. The molecule has 0 radical (unpaired) electrons. The molecule has 6 heteroatoms. The van der Waals surface area contributed by atoms with Crippen LogP contribution in [0, 0.1) is 0 Å². The highest BCUT2D eigenvalue weighted by Gasteiger charge is 2.13. The number of aromatic nitrogens is 2. The Balaban J connectivity index is 1.25. The van der Waals surface area contributed by atoms with Crippen LogP contribution in [0.2, 0.25) is 0 Å². The molecule has 1 aliphatic rings. The summed E-state index contributed by atoms with van der Waals surface area (Å²) in [6.07, 6.45) is 4.21. The summed E-state index contributed by atoms with van der Waals surface area (Å²) in [6.45, 7) is 3.64. The van der Waals surface area contributed by atoms with E-state index in [4.69, 9.17) is 0 Å². The van der Waals surface area contributed by atoms with Crippen molar-refractivity contribution >= 4 is 16.7 Å². The molecule has 0 unspecified atom stereocenters. The Hall–Kier alpha value is -3.77. The Morgan fingerprint density at radius 1 is 0.912 bits per heavy atom. The first kappa shape index (κ1) is 22.0. The van der Waals surface area contributed by atoms with E-state index in [9.17, 15) is 9.59 Å². The molecule has 2 heterocycles. The summed E-state index contributed by atoms with van der Waals surface area (Å²) in [7, 11) is 0. The zero-order valence-corrected chi connectivity index (χ0v) is 19.1. The molecule has 4 aromatic rings. The monoisotopic (exact) mass is 452 g/mol. The van der Waals surface area contributed by atoms with Crippen LogP contribution in [0.25, 0.3) is 21.9 Å². The van der Waals surface area contributed by atoms with E-state index in [-0.39, 0.29) is 18.0 Å². The van der Waals surface area contributed by atoms with Crippen molar-refractivity contribution in [2.75, 3.05) is 13.1 Å². The molecule has 0 bridgehead atoms. The number of hydrogen-bond donors (Lipinski definition) is 1. The second-order valence-electron chi connectivity index (χ2n) is 8.81. The van der Waals surface area contributed by atoms with Gasteiger partial charge in [-0.1, -0.05) is 66.7 Å². The fourth-order valence-corrected chi connectivity index (χ4v) is 4.57. The lowest BCUT2D eigenvalue weighted by Crippen LogP contribution is -2.33. The van der Waals surface area contributed by atoms with E-state index in [0.29, 0.717) is 11.9 Å². The van der Waals surface area contributed by atoms with E-state index in [1.165, 1.54) is 36.2 Å². The average molecular weight is 453 g/mol. The van der Waals surface area contributed by atoms with E-state index < -0.39 is 0 Å². The van der Waals surface area contributed by atoms with Crippen LogP contribution in [-0.2, 0) is 24.4 Å². The minimum atomic E-state index is -0.261. The molecule has 1 amide bonds. The van der Waals surface area contributed by atoms with Gasteiger partial charge in [0.25, 0.3) is 5.56 Å². The fraction of sp³-hybridized carbons (Fsp3) is 0.250. The molecule has 1 saturated heterocycles. The third-order valence-electron chi connectivity index (χ3n) is 6.42. The summed E-state index contributed by atoms with van der Waals surface area (Å²) < 4.78 is 1.21. The highest BCUT2D eigenvalue weighted by atomic mass is 16.2. The van der Waals surface area contributed by atoms with Gasteiger partial charge in [0.15, 0.2) is 0 Å². The summed E-state index contributed by atoms with van der Waals surface area (Å²) in [5, 5.41) is 8.43. The average Bonchev–Trinajstić information content (AvgIpc) is 3.38. The van der Waals surface area contributed by atoms with Crippen molar-refractivity contribution in [2.45, 2.75) is 32.5 Å². The molecule has 1 N–H and O–H groups in total. The molecule has 0 aliphatic carbocycles. The summed E-state index contributed by atoms with van der Waals surface area (Å²) in [5.74, 6) is -0.249. The molecule has 1 fully saturated rings. The van der Waals surface area contributed by atoms with Crippen LogP contribution in [0.5, 0.6) is 0 Å². The molecule has 5 rings (SSSR count). The Bertz CT molecular complexity index is 1350. The minimum absolute atomic E-state index is 0.114. The number of nitrogens with one attached hydrogen (secondary N) is 1. The highest BCUT2D eigenvalue weighted by Crippen LogP contribution is 2.25. The second kappa shape index (κ2) is 10.0.